The van der Waals surface area contributed by atoms with Gasteiger partial charge in [0.2, 0.25) is 5.71 Å². The Bertz CT molecular complexity index is 621. The normalized spacial score (nSPS) is 12.6. The van der Waals surface area contributed by atoms with Crippen molar-refractivity contribution in [3.05, 3.63) is 17.7 Å². The minimum Gasteiger partial charge on any atom is -0.442 e. The van der Waals surface area contributed by atoms with Gasteiger partial charge in [-0.25, -0.2) is 9.97 Å². The summed E-state index contributed by atoms with van der Waals surface area (Å²) in [5.74, 6) is 0.963. The van der Waals surface area contributed by atoms with Crippen LogP contribution in [0.15, 0.2) is 10.7 Å². The molecule has 1 atom stereocenters. The zero-order chi connectivity index (χ0) is 14.7. The molecule has 2 aromatic rings. The van der Waals surface area contributed by atoms with Crippen LogP contribution in [0.4, 0.5) is 5.82 Å². The number of rotatable bonds is 6. The third-order valence-electron chi connectivity index (χ3n) is 3.14. The van der Waals surface area contributed by atoms with Gasteiger partial charge in [-0.3, -0.25) is 4.79 Å². The van der Waals surface area contributed by atoms with E-state index in [2.05, 4.69) is 15.3 Å². The van der Waals surface area contributed by atoms with E-state index in [4.69, 9.17) is 4.42 Å². The second-order valence-corrected chi connectivity index (χ2v) is 4.82. The van der Waals surface area contributed by atoms with Gasteiger partial charge in [-0.2, -0.15) is 0 Å². The number of hydrogen-bond donors (Lipinski definition) is 2. The molecule has 2 N–H and O–H groups in total. The summed E-state index contributed by atoms with van der Waals surface area (Å²) in [6.07, 6.45) is 2.55. The second-order valence-electron chi connectivity index (χ2n) is 4.82. The average molecular weight is 277 g/mol. The van der Waals surface area contributed by atoms with E-state index in [1.54, 1.807) is 6.92 Å². The molecule has 1 unspecified atom stereocenters. The maximum absolute atomic E-state index is 11.7. The molecule has 6 nitrogen and oxygen atoms in total. The second kappa shape index (κ2) is 6.00. The fourth-order valence-corrected chi connectivity index (χ4v) is 2.25. The van der Waals surface area contributed by atoms with Crippen molar-refractivity contribution in [2.75, 3.05) is 11.9 Å². The number of aliphatic hydroxyl groups excluding tert-OH is 1. The molecule has 0 aliphatic rings. The molecule has 0 radical (unpaired) electrons. The molecule has 2 aromatic heterocycles. The van der Waals surface area contributed by atoms with Gasteiger partial charge >= 0.3 is 0 Å². The van der Waals surface area contributed by atoms with Crippen molar-refractivity contribution < 1.29 is 14.3 Å². The minimum absolute atomic E-state index is 0.0896. The number of carbonyl (C=O) groups is 1. The molecule has 2 heterocycles. The molecule has 0 bridgehead atoms. The summed E-state index contributed by atoms with van der Waals surface area (Å²) in [6, 6.07) is 0. The highest BCUT2D eigenvalue weighted by Crippen LogP contribution is 2.29. The molecule has 0 spiro atoms. The number of ketones is 1. The van der Waals surface area contributed by atoms with E-state index in [-0.39, 0.29) is 5.78 Å². The van der Waals surface area contributed by atoms with Crippen LogP contribution in [0, 0.1) is 6.92 Å². The standard InChI is InChI=1S/C14H19N3O3/c1-4-5-10(19)6-15-13-12-11(8(2)18)9(3)20-14(12)17-7-16-13/h7,10,19H,4-6H2,1-3H3,(H,15,16,17). The molecule has 108 valence electrons. The predicted molar refractivity (Wildman–Crippen MR) is 76.0 cm³/mol. The number of nitrogens with one attached hydrogen (secondary N) is 1. The Labute approximate surface area is 117 Å². The van der Waals surface area contributed by atoms with Crippen LogP contribution in [-0.2, 0) is 0 Å². The fourth-order valence-electron chi connectivity index (χ4n) is 2.25. The highest BCUT2D eigenvalue weighted by molar-refractivity contribution is 6.09. The van der Waals surface area contributed by atoms with E-state index in [0.29, 0.717) is 41.2 Å². The number of aryl methyl sites for hydroxylation is 1. The third kappa shape index (κ3) is 2.80. The predicted octanol–water partition coefficient (Wildman–Crippen LogP) is 2.31. The smallest absolute Gasteiger partial charge is 0.232 e. The fraction of sp³-hybridized carbons (Fsp3) is 0.500. The summed E-state index contributed by atoms with van der Waals surface area (Å²) in [5.41, 5.74) is 0.878. The molecule has 0 aliphatic carbocycles. The molecule has 6 heteroatoms. The van der Waals surface area contributed by atoms with Crippen molar-refractivity contribution >= 4 is 22.7 Å². The van der Waals surface area contributed by atoms with Crippen LogP contribution in [0.2, 0.25) is 0 Å². The van der Waals surface area contributed by atoms with E-state index in [1.807, 2.05) is 6.92 Å². The lowest BCUT2D eigenvalue weighted by Crippen LogP contribution is -2.19. The van der Waals surface area contributed by atoms with Gasteiger partial charge in [0.05, 0.1) is 17.1 Å². The first-order valence-electron chi connectivity index (χ1n) is 6.71. The Kier molecular flexibility index (Phi) is 4.34. The maximum atomic E-state index is 11.7. The average Bonchev–Trinajstić information content (AvgIpc) is 2.73. The Morgan fingerprint density at radius 2 is 2.25 bits per heavy atom. The lowest BCUT2D eigenvalue weighted by atomic mass is 10.1. The molecule has 0 saturated carbocycles. The van der Waals surface area contributed by atoms with Gasteiger partial charge in [0.25, 0.3) is 0 Å². The zero-order valence-corrected chi connectivity index (χ0v) is 11.9. The topological polar surface area (TPSA) is 88.2 Å². The first-order chi connectivity index (χ1) is 9.54. The van der Waals surface area contributed by atoms with Gasteiger partial charge in [0, 0.05) is 6.54 Å². The number of anilines is 1. The summed E-state index contributed by atoms with van der Waals surface area (Å²) < 4.78 is 5.48. The zero-order valence-electron chi connectivity index (χ0n) is 11.9. The summed E-state index contributed by atoms with van der Waals surface area (Å²) in [6.45, 7) is 5.61. The summed E-state index contributed by atoms with van der Waals surface area (Å²) >= 11 is 0. The van der Waals surface area contributed by atoms with Crippen LogP contribution in [0.3, 0.4) is 0 Å². The van der Waals surface area contributed by atoms with Crippen molar-refractivity contribution in [1.82, 2.24) is 9.97 Å². The van der Waals surface area contributed by atoms with Crippen molar-refractivity contribution in [3.8, 4) is 0 Å². The van der Waals surface area contributed by atoms with Crippen LogP contribution in [0.25, 0.3) is 11.1 Å². The largest absolute Gasteiger partial charge is 0.442 e. The highest BCUT2D eigenvalue weighted by Gasteiger charge is 2.20. The number of aliphatic hydroxyl groups is 1. The third-order valence-corrected chi connectivity index (χ3v) is 3.14. The molecule has 0 fully saturated rings. The summed E-state index contributed by atoms with van der Waals surface area (Å²) in [4.78, 5) is 19.9. The number of hydrogen-bond acceptors (Lipinski definition) is 6. The Morgan fingerprint density at radius 3 is 2.90 bits per heavy atom. The summed E-state index contributed by atoms with van der Waals surface area (Å²) in [5, 5.41) is 13.4. The van der Waals surface area contributed by atoms with Gasteiger partial charge in [0.15, 0.2) is 5.78 Å². The number of aromatic nitrogens is 2. The maximum Gasteiger partial charge on any atom is 0.232 e. The van der Waals surface area contributed by atoms with E-state index in [1.165, 1.54) is 13.3 Å². The van der Waals surface area contributed by atoms with Crippen molar-refractivity contribution in [3.63, 3.8) is 0 Å². The van der Waals surface area contributed by atoms with E-state index < -0.39 is 6.10 Å². The quantitative estimate of drug-likeness (QED) is 0.788. The monoisotopic (exact) mass is 277 g/mol. The number of Topliss-reactive ketones (excluding diaryl/α,β-unsaturated/α-hetero) is 1. The molecule has 0 amide bonds. The van der Waals surface area contributed by atoms with Crippen LogP contribution in [-0.4, -0.2) is 33.5 Å². The first-order valence-corrected chi connectivity index (χ1v) is 6.71. The van der Waals surface area contributed by atoms with Crippen molar-refractivity contribution in [2.45, 2.75) is 39.7 Å². The molecule has 0 aliphatic heterocycles. The minimum atomic E-state index is -0.446. The molecule has 20 heavy (non-hydrogen) atoms. The van der Waals surface area contributed by atoms with E-state index in [0.717, 1.165) is 6.42 Å². The van der Waals surface area contributed by atoms with E-state index in [9.17, 15) is 9.90 Å². The lowest BCUT2D eigenvalue weighted by molar-refractivity contribution is 0.101. The van der Waals surface area contributed by atoms with Crippen LogP contribution in [0.1, 0.15) is 42.8 Å². The Hall–Kier alpha value is -1.95. The van der Waals surface area contributed by atoms with Crippen LogP contribution < -0.4 is 5.32 Å². The first kappa shape index (κ1) is 14.5. The van der Waals surface area contributed by atoms with Crippen molar-refractivity contribution in [2.24, 2.45) is 0 Å². The van der Waals surface area contributed by atoms with Gasteiger partial charge in [-0.15, -0.1) is 0 Å². The van der Waals surface area contributed by atoms with Gasteiger partial charge in [0.1, 0.15) is 17.9 Å². The van der Waals surface area contributed by atoms with Crippen LogP contribution >= 0.6 is 0 Å². The van der Waals surface area contributed by atoms with E-state index >= 15 is 0 Å². The van der Waals surface area contributed by atoms with Crippen molar-refractivity contribution in [1.29, 1.82) is 0 Å². The number of carbonyl (C=O) groups excluding carboxylic acids is 1. The molecular weight excluding hydrogens is 258 g/mol. The Balaban J connectivity index is 2.36. The van der Waals surface area contributed by atoms with Gasteiger partial charge in [-0.05, 0) is 20.3 Å². The molecule has 0 saturated heterocycles. The SMILES string of the molecule is CCCC(O)CNc1ncnc2oc(C)c(C(C)=O)c12. The van der Waals surface area contributed by atoms with Gasteiger partial charge < -0.3 is 14.8 Å². The number of furan rings is 1. The van der Waals surface area contributed by atoms with Crippen LogP contribution in [0.5, 0.6) is 0 Å². The molecule has 0 aromatic carbocycles. The number of fused-ring (bicyclic) bond motifs is 1. The summed E-state index contributed by atoms with van der Waals surface area (Å²) in [7, 11) is 0. The highest BCUT2D eigenvalue weighted by atomic mass is 16.3. The molecular formula is C14H19N3O3. The van der Waals surface area contributed by atoms with Gasteiger partial charge in [-0.1, -0.05) is 13.3 Å². The Morgan fingerprint density at radius 1 is 1.50 bits per heavy atom. The lowest BCUT2D eigenvalue weighted by Gasteiger charge is -2.11. The number of nitrogens with zero attached hydrogens (tertiary/aromatic N) is 2. The molecule has 2 rings (SSSR count).